The van der Waals surface area contributed by atoms with Crippen LogP contribution in [0.2, 0.25) is 5.02 Å². The van der Waals surface area contributed by atoms with E-state index in [1.807, 2.05) is 6.07 Å². The number of carbonyl (C=O) groups excluding carboxylic acids is 2. The zero-order valence-electron chi connectivity index (χ0n) is 13.2. The number of rotatable bonds is 6. The lowest BCUT2D eigenvalue weighted by Crippen LogP contribution is -2.34. The number of hydrogen-bond acceptors (Lipinski definition) is 4. The predicted octanol–water partition coefficient (Wildman–Crippen LogP) is 3.05. The van der Waals surface area contributed by atoms with Crippen LogP contribution in [0.5, 0.6) is 0 Å². The molecule has 3 N–H and O–H groups in total. The number of nitrogens with zero attached hydrogens (tertiary/aromatic N) is 1. The number of halogens is 1. The molecule has 0 bridgehead atoms. The molecule has 2 amide bonds. The molecule has 0 aliphatic rings. The van der Waals surface area contributed by atoms with Crippen molar-refractivity contribution in [3.8, 4) is 6.07 Å². The molecule has 0 aliphatic carbocycles. The minimum Gasteiger partial charge on any atom is -0.461 e. The quantitative estimate of drug-likeness (QED) is 0.775. The number of nitriles is 1. The Hall–Kier alpha value is -3.04. The third-order valence-electron chi connectivity index (χ3n) is 3.45. The van der Waals surface area contributed by atoms with E-state index in [9.17, 15) is 9.59 Å². The van der Waals surface area contributed by atoms with Gasteiger partial charge < -0.3 is 15.8 Å². The highest BCUT2D eigenvalue weighted by atomic mass is 35.5. The van der Waals surface area contributed by atoms with Gasteiger partial charge in [-0.15, -0.1) is 0 Å². The van der Waals surface area contributed by atoms with Crippen LogP contribution < -0.4 is 11.1 Å². The van der Waals surface area contributed by atoms with Gasteiger partial charge in [0.2, 0.25) is 0 Å². The summed E-state index contributed by atoms with van der Waals surface area (Å²) in [7, 11) is 0. The van der Waals surface area contributed by atoms with E-state index in [0.717, 1.165) is 5.56 Å². The number of primary amides is 1. The van der Waals surface area contributed by atoms with E-state index in [0.29, 0.717) is 16.1 Å². The van der Waals surface area contributed by atoms with Gasteiger partial charge in [-0.25, -0.2) is 4.79 Å². The van der Waals surface area contributed by atoms with Gasteiger partial charge in [0.25, 0.3) is 0 Å². The standard InChI is InChI=1S/C18H16ClN3O3/c19-15-4-2-1-3-14(15)16(22-18(21)24)9-17(23)25-11-13-7-5-12(10-20)6-8-13/h1-8,16H,9,11H2,(H3,21,22,24). The molecule has 0 saturated heterocycles. The Morgan fingerprint density at radius 3 is 2.48 bits per heavy atom. The second-order valence-corrected chi connectivity index (χ2v) is 5.66. The Balaban J connectivity index is 2.00. The van der Waals surface area contributed by atoms with Crippen LogP contribution in [0.4, 0.5) is 4.79 Å². The Labute approximate surface area is 150 Å². The summed E-state index contributed by atoms with van der Waals surface area (Å²) in [6, 6.07) is 14.1. The highest BCUT2D eigenvalue weighted by Crippen LogP contribution is 2.25. The molecule has 2 aromatic carbocycles. The highest BCUT2D eigenvalue weighted by Gasteiger charge is 2.20. The van der Waals surface area contributed by atoms with Gasteiger partial charge >= 0.3 is 12.0 Å². The number of ether oxygens (including phenoxy) is 1. The lowest BCUT2D eigenvalue weighted by Gasteiger charge is -2.18. The molecule has 1 unspecified atom stereocenters. The van der Waals surface area contributed by atoms with Crippen LogP contribution in [0, 0.1) is 11.3 Å². The van der Waals surface area contributed by atoms with Crippen molar-refractivity contribution < 1.29 is 14.3 Å². The number of benzene rings is 2. The number of nitrogens with one attached hydrogen (secondary N) is 1. The van der Waals surface area contributed by atoms with Crippen molar-refractivity contribution in [3.63, 3.8) is 0 Å². The maximum absolute atomic E-state index is 12.1. The molecule has 25 heavy (non-hydrogen) atoms. The van der Waals surface area contributed by atoms with Crippen molar-refractivity contribution in [3.05, 3.63) is 70.2 Å². The van der Waals surface area contributed by atoms with Crippen molar-refractivity contribution in [1.29, 1.82) is 5.26 Å². The van der Waals surface area contributed by atoms with Crippen LogP contribution in [0.25, 0.3) is 0 Å². The summed E-state index contributed by atoms with van der Waals surface area (Å²) in [6.07, 6.45) is -0.108. The van der Waals surface area contributed by atoms with Crippen LogP contribution in [0.1, 0.15) is 29.2 Å². The van der Waals surface area contributed by atoms with Crippen molar-refractivity contribution in [2.24, 2.45) is 5.73 Å². The molecule has 0 radical (unpaired) electrons. The fraction of sp³-hybridized carbons (Fsp3) is 0.167. The first kappa shape index (κ1) is 18.3. The monoisotopic (exact) mass is 357 g/mol. The van der Waals surface area contributed by atoms with E-state index in [1.54, 1.807) is 48.5 Å². The number of amides is 2. The Morgan fingerprint density at radius 2 is 1.88 bits per heavy atom. The van der Waals surface area contributed by atoms with E-state index in [2.05, 4.69) is 5.32 Å². The summed E-state index contributed by atoms with van der Waals surface area (Å²) in [5.74, 6) is -0.511. The second-order valence-electron chi connectivity index (χ2n) is 5.26. The van der Waals surface area contributed by atoms with Gasteiger partial charge in [0.1, 0.15) is 6.61 Å². The van der Waals surface area contributed by atoms with Crippen LogP contribution in [-0.4, -0.2) is 12.0 Å². The van der Waals surface area contributed by atoms with Crippen LogP contribution in [-0.2, 0) is 16.1 Å². The minimum atomic E-state index is -0.759. The molecule has 0 aromatic heterocycles. The van der Waals surface area contributed by atoms with Crippen molar-refractivity contribution in [2.75, 3.05) is 0 Å². The molecular formula is C18H16ClN3O3. The first-order valence-electron chi connectivity index (χ1n) is 7.44. The van der Waals surface area contributed by atoms with Gasteiger partial charge in [0.05, 0.1) is 24.1 Å². The largest absolute Gasteiger partial charge is 0.461 e. The minimum absolute atomic E-state index is 0.0658. The van der Waals surface area contributed by atoms with E-state index in [1.165, 1.54) is 0 Å². The van der Waals surface area contributed by atoms with E-state index < -0.39 is 18.0 Å². The summed E-state index contributed by atoms with van der Waals surface area (Å²) in [5.41, 5.74) is 7.04. The number of carbonyl (C=O) groups is 2. The molecule has 6 nitrogen and oxygen atoms in total. The van der Waals surface area contributed by atoms with E-state index in [-0.39, 0.29) is 13.0 Å². The smallest absolute Gasteiger partial charge is 0.312 e. The molecule has 0 spiro atoms. The maximum atomic E-state index is 12.1. The third-order valence-corrected chi connectivity index (χ3v) is 3.79. The summed E-state index contributed by atoms with van der Waals surface area (Å²) in [5, 5.41) is 11.7. The number of hydrogen-bond donors (Lipinski definition) is 2. The first-order valence-corrected chi connectivity index (χ1v) is 7.82. The summed E-state index contributed by atoms with van der Waals surface area (Å²) >= 11 is 6.12. The molecule has 2 aromatic rings. The van der Waals surface area contributed by atoms with Gasteiger partial charge in [-0.3, -0.25) is 4.79 Å². The molecule has 7 heteroatoms. The van der Waals surface area contributed by atoms with Gasteiger partial charge in [-0.1, -0.05) is 41.9 Å². The normalized spacial score (nSPS) is 11.2. The molecule has 0 saturated carbocycles. The third kappa shape index (κ3) is 5.52. The SMILES string of the molecule is N#Cc1ccc(COC(=O)CC(NC(N)=O)c2ccccc2Cl)cc1. The van der Waals surface area contributed by atoms with Crippen LogP contribution >= 0.6 is 11.6 Å². The van der Waals surface area contributed by atoms with E-state index in [4.69, 9.17) is 27.3 Å². The van der Waals surface area contributed by atoms with Gasteiger partial charge in [0.15, 0.2) is 0 Å². The highest BCUT2D eigenvalue weighted by molar-refractivity contribution is 6.31. The van der Waals surface area contributed by atoms with Crippen LogP contribution in [0.15, 0.2) is 48.5 Å². The van der Waals surface area contributed by atoms with E-state index >= 15 is 0 Å². The Kier molecular flexibility index (Phi) is 6.38. The number of nitrogens with two attached hydrogens (primary N) is 1. The van der Waals surface area contributed by atoms with Gasteiger partial charge in [-0.2, -0.15) is 5.26 Å². The first-order chi connectivity index (χ1) is 12.0. The molecule has 0 fully saturated rings. The molecule has 0 heterocycles. The lowest BCUT2D eigenvalue weighted by molar-refractivity contribution is -0.145. The fourth-order valence-corrected chi connectivity index (χ4v) is 2.50. The van der Waals surface area contributed by atoms with Gasteiger partial charge in [-0.05, 0) is 29.3 Å². The Bertz CT molecular complexity index is 800. The van der Waals surface area contributed by atoms with Gasteiger partial charge in [0, 0.05) is 5.02 Å². The molecule has 128 valence electrons. The fourth-order valence-electron chi connectivity index (χ4n) is 2.23. The van der Waals surface area contributed by atoms with Crippen molar-refractivity contribution >= 4 is 23.6 Å². The summed E-state index contributed by atoms with van der Waals surface area (Å²) in [4.78, 5) is 23.3. The zero-order valence-corrected chi connectivity index (χ0v) is 14.0. The molecule has 1 atom stereocenters. The van der Waals surface area contributed by atoms with Crippen molar-refractivity contribution in [1.82, 2.24) is 5.32 Å². The van der Waals surface area contributed by atoms with Crippen molar-refractivity contribution in [2.45, 2.75) is 19.1 Å². The average Bonchev–Trinajstić information content (AvgIpc) is 2.60. The second kappa shape index (κ2) is 8.71. The molecular weight excluding hydrogens is 342 g/mol. The predicted molar refractivity (Wildman–Crippen MR) is 92.5 cm³/mol. The maximum Gasteiger partial charge on any atom is 0.312 e. The summed E-state index contributed by atoms with van der Waals surface area (Å²) in [6.45, 7) is 0.0658. The number of esters is 1. The zero-order chi connectivity index (χ0) is 18.2. The number of urea groups is 1. The lowest BCUT2D eigenvalue weighted by atomic mass is 10.0. The summed E-state index contributed by atoms with van der Waals surface area (Å²) < 4.78 is 5.22. The molecule has 0 aliphatic heterocycles. The van der Waals surface area contributed by atoms with Crippen LogP contribution in [0.3, 0.4) is 0 Å². The molecule has 2 rings (SSSR count). The topological polar surface area (TPSA) is 105 Å². The Morgan fingerprint density at radius 1 is 1.20 bits per heavy atom. The average molecular weight is 358 g/mol.